The van der Waals surface area contributed by atoms with E-state index in [9.17, 15) is 25.2 Å². The number of carboxylic acids is 1. The topological polar surface area (TPSA) is 140 Å². The molecular weight excluding hydrogens is 406 g/mol. The minimum absolute atomic E-state index is 0.0817. The largest absolute Gasteiger partial charge is 0.479 e. The Morgan fingerprint density at radius 1 is 1.10 bits per heavy atom. The van der Waals surface area contributed by atoms with Crippen LogP contribution in [0.15, 0.2) is 24.3 Å². The first-order valence-corrected chi connectivity index (χ1v) is 10.7. The third kappa shape index (κ3) is 5.36. The van der Waals surface area contributed by atoms with E-state index < -0.39 is 42.3 Å². The van der Waals surface area contributed by atoms with Crippen LogP contribution < -0.4 is 4.74 Å². The van der Waals surface area contributed by atoms with E-state index in [2.05, 4.69) is 0 Å². The molecule has 1 aromatic carbocycles. The molecule has 5 N–H and O–H groups in total. The predicted octanol–water partition coefficient (Wildman–Crippen LogP) is 0.298. The molecule has 1 aliphatic heterocycles. The highest BCUT2D eigenvalue weighted by atomic mass is 16.7. The molecule has 0 radical (unpaired) electrons. The number of hydrogen-bond donors (Lipinski definition) is 5. The molecule has 1 saturated carbocycles. The maximum atomic E-state index is 11.3. The van der Waals surface area contributed by atoms with Gasteiger partial charge in [-0.05, 0) is 44.6 Å². The van der Waals surface area contributed by atoms with E-state index in [0.717, 1.165) is 37.7 Å². The summed E-state index contributed by atoms with van der Waals surface area (Å²) in [5.41, 5.74) is 0.178. The Labute approximate surface area is 181 Å². The Balaban J connectivity index is 1.75. The zero-order chi connectivity index (χ0) is 22.8. The highest BCUT2D eigenvalue weighted by molar-refractivity contribution is 5.73. The molecule has 0 spiro atoms. The van der Waals surface area contributed by atoms with Gasteiger partial charge in [-0.25, -0.2) is 4.79 Å². The number of aliphatic hydroxyl groups excluding tert-OH is 3. The van der Waals surface area contributed by atoms with E-state index in [1.165, 1.54) is 0 Å². The average molecular weight is 440 g/mol. The molecule has 9 nitrogen and oxygen atoms in total. The molecular formula is C22H33NO8. The molecule has 2 aliphatic rings. The van der Waals surface area contributed by atoms with Crippen molar-refractivity contribution in [2.24, 2.45) is 0 Å². The first kappa shape index (κ1) is 23.9. The monoisotopic (exact) mass is 439 g/mol. The second-order valence-corrected chi connectivity index (χ2v) is 8.90. The van der Waals surface area contributed by atoms with Crippen LogP contribution in [-0.4, -0.2) is 93.3 Å². The van der Waals surface area contributed by atoms with Gasteiger partial charge in [0.05, 0.1) is 5.60 Å². The van der Waals surface area contributed by atoms with Gasteiger partial charge in [0, 0.05) is 12.5 Å². The van der Waals surface area contributed by atoms with Gasteiger partial charge < -0.3 is 39.9 Å². The smallest absolute Gasteiger partial charge is 0.335 e. The van der Waals surface area contributed by atoms with Gasteiger partial charge >= 0.3 is 5.97 Å². The lowest BCUT2D eigenvalue weighted by Crippen LogP contribution is -2.61. The highest BCUT2D eigenvalue weighted by Crippen LogP contribution is 2.40. The van der Waals surface area contributed by atoms with Gasteiger partial charge in [-0.3, -0.25) is 0 Å². The average Bonchev–Trinajstić information content (AvgIpc) is 2.73. The van der Waals surface area contributed by atoms with Gasteiger partial charge in [0.25, 0.3) is 0 Å². The van der Waals surface area contributed by atoms with E-state index in [0.29, 0.717) is 12.3 Å². The normalized spacial score (nSPS) is 31.9. The minimum atomic E-state index is -1.77. The Bertz CT molecular complexity index is 734. The van der Waals surface area contributed by atoms with E-state index in [1.807, 2.05) is 31.1 Å². The molecule has 0 aromatic heterocycles. The lowest BCUT2D eigenvalue weighted by atomic mass is 9.72. The number of likely N-dealkylation sites (N-methyl/N-ethyl adjacent to an activating group) is 1. The Kier molecular flexibility index (Phi) is 7.56. The molecule has 0 amide bonds. The van der Waals surface area contributed by atoms with Crippen LogP contribution in [0.2, 0.25) is 0 Å². The highest BCUT2D eigenvalue weighted by Gasteiger charge is 2.48. The van der Waals surface area contributed by atoms with Gasteiger partial charge in [0.1, 0.15) is 24.1 Å². The second kappa shape index (κ2) is 9.81. The van der Waals surface area contributed by atoms with Crippen molar-refractivity contribution in [1.29, 1.82) is 0 Å². The lowest BCUT2D eigenvalue weighted by molar-refractivity contribution is -0.271. The Morgan fingerprint density at radius 3 is 2.26 bits per heavy atom. The fraction of sp³-hybridized carbons (Fsp3) is 0.682. The number of hydrogen-bond acceptors (Lipinski definition) is 8. The molecule has 0 unspecified atom stereocenters. The lowest BCUT2D eigenvalue weighted by Gasteiger charge is -2.41. The van der Waals surface area contributed by atoms with Gasteiger partial charge in [0.15, 0.2) is 6.10 Å². The van der Waals surface area contributed by atoms with Crippen LogP contribution >= 0.6 is 0 Å². The summed E-state index contributed by atoms with van der Waals surface area (Å²) in [6, 6.07) is 7.00. The van der Waals surface area contributed by atoms with E-state index in [-0.39, 0.29) is 5.92 Å². The third-order valence-electron chi connectivity index (χ3n) is 6.26. The predicted molar refractivity (Wildman–Crippen MR) is 111 cm³/mol. The van der Waals surface area contributed by atoms with Crippen molar-refractivity contribution >= 4 is 5.97 Å². The van der Waals surface area contributed by atoms with E-state index >= 15 is 0 Å². The number of rotatable bonds is 7. The summed E-state index contributed by atoms with van der Waals surface area (Å²) < 4.78 is 10.7. The van der Waals surface area contributed by atoms with Crippen LogP contribution in [0.3, 0.4) is 0 Å². The van der Waals surface area contributed by atoms with Crippen molar-refractivity contribution in [3.05, 3.63) is 29.8 Å². The molecule has 174 valence electrons. The van der Waals surface area contributed by atoms with Gasteiger partial charge in [-0.1, -0.05) is 31.4 Å². The van der Waals surface area contributed by atoms with Gasteiger partial charge in [-0.2, -0.15) is 0 Å². The van der Waals surface area contributed by atoms with E-state index in [1.54, 1.807) is 12.1 Å². The van der Waals surface area contributed by atoms with Crippen molar-refractivity contribution in [3.8, 4) is 5.75 Å². The Hall–Kier alpha value is -1.75. The van der Waals surface area contributed by atoms with Crippen LogP contribution in [0, 0.1) is 0 Å². The summed E-state index contributed by atoms with van der Waals surface area (Å²) in [5, 5.41) is 50.3. The van der Waals surface area contributed by atoms with Crippen molar-refractivity contribution in [1.82, 2.24) is 4.90 Å². The van der Waals surface area contributed by atoms with Crippen molar-refractivity contribution < 1.29 is 39.8 Å². The van der Waals surface area contributed by atoms with Crippen molar-refractivity contribution in [3.63, 3.8) is 0 Å². The molecule has 2 fully saturated rings. The summed E-state index contributed by atoms with van der Waals surface area (Å²) in [5.74, 6) is -1.24. The number of carboxylic acid groups (broad SMARTS) is 1. The number of ether oxygens (including phenoxy) is 2. The SMILES string of the molecule is CN(C)C[C@H](c1ccc(O[C@@H]2O[C@H](C(=O)O)[C@@H](O)[C@@H](O)[C@@H]2O)cc1)C1(O)CCCCC1. The molecule has 1 saturated heterocycles. The number of benzene rings is 1. The number of nitrogens with zero attached hydrogens (tertiary/aromatic N) is 1. The maximum Gasteiger partial charge on any atom is 0.335 e. The van der Waals surface area contributed by atoms with Gasteiger partial charge in [0.2, 0.25) is 6.29 Å². The summed E-state index contributed by atoms with van der Waals surface area (Å²) >= 11 is 0. The fourth-order valence-corrected chi connectivity index (χ4v) is 4.53. The Morgan fingerprint density at radius 2 is 1.71 bits per heavy atom. The molecule has 1 heterocycles. The summed E-state index contributed by atoms with van der Waals surface area (Å²) in [7, 11) is 3.94. The summed E-state index contributed by atoms with van der Waals surface area (Å²) in [6.07, 6.45) is -3.64. The van der Waals surface area contributed by atoms with Crippen LogP contribution in [-0.2, 0) is 9.53 Å². The third-order valence-corrected chi connectivity index (χ3v) is 6.26. The van der Waals surface area contributed by atoms with Crippen LogP contribution in [0.25, 0.3) is 0 Å². The van der Waals surface area contributed by atoms with Gasteiger partial charge in [-0.15, -0.1) is 0 Å². The van der Waals surface area contributed by atoms with Crippen LogP contribution in [0.5, 0.6) is 5.75 Å². The molecule has 0 bridgehead atoms. The molecule has 6 atom stereocenters. The molecule has 1 aliphatic carbocycles. The maximum absolute atomic E-state index is 11.3. The minimum Gasteiger partial charge on any atom is -0.479 e. The van der Waals surface area contributed by atoms with E-state index in [4.69, 9.17) is 14.6 Å². The zero-order valence-corrected chi connectivity index (χ0v) is 17.9. The fourth-order valence-electron chi connectivity index (χ4n) is 4.53. The summed E-state index contributed by atoms with van der Waals surface area (Å²) in [4.78, 5) is 13.3. The molecule has 9 heteroatoms. The summed E-state index contributed by atoms with van der Waals surface area (Å²) in [6.45, 7) is 0.686. The van der Waals surface area contributed by atoms with Crippen molar-refractivity contribution in [2.45, 2.75) is 74.3 Å². The first-order valence-electron chi connectivity index (χ1n) is 10.7. The van der Waals surface area contributed by atoms with Crippen LogP contribution in [0.1, 0.15) is 43.6 Å². The number of carbonyl (C=O) groups is 1. The molecule has 3 rings (SSSR count). The molecule has 31 heavy (non-hydrogen) atoms. The first-order chi connectivity index (χ1) is 14.6. The van der Waals surface area contributed by atoms with Crippen LogP contribution in [0.4, 0.5) is 0 Å². The molecule has 1 aromatic rings. The second-order valence-electron chi connectivity index (χ2n) is 8.90. The number of aliphatic carboxylic acids is 1. The quantitative estimate of drug-likeness (QED) is 0.406. The van der Waals surface area contributed by atoms with Crippen molar-refractivity contribution in [2.75, 3.05) is 20.6 Å². The zero-order valence-electron chi connectivity index (χ0n) is 17.9. The standard InChI is InChI=1S/C22H33NO8/c1-23(2)12-15(22(29)10-4-3-5-11-22)13-6-8-14(9-7-13)30-21-18(26)16(24)17(25)19(31-21)20(27)28/h6-9,15-19,21,24-26,29H,3-5,10-12H2,1-2H3,(H,27,28)/t15-,16-,17+,18+,19+,21-/m1/s1. The number of aliphatic hydroxyl groups is 4.